The first-order valence-electron chi connectivity index (χ1n) is 10.0. The van der Waals surface area contributed by atoms with Gasteiger partial charge < -0.3 is 10.1 Å². The number of hydrogen-bond donors (Lipinski definition) is 1. The fourth-order valence-electron chi connectivity index (χ4n) is 3.88. The van der Waals surface area contributed by atoms with Crippen LogP contribution in [0.2, 0.25) is 0 Å². The van der Waals surface area contributed by atoms with Gasteiger partial charge in [0.05, 0.1) is 12.2 Å². The summed E-state index contributed by atoms with van der Waals surface area (Å²) < 4.78 is 32.6. The van der Waals surface area contributed by atoms with Crippen molar-refractivity contribution in [2.24, 2.45) is 0 Å². The molecule has 2 unspecified atom stereocenters. The van der Waals surface area contributed by atoms with Crippen LogP contribution in [0.25, 0.3) is 0 Å². The topological polar surface area (TPSA) is 74.8 Å². The molecule has 0 amide bonds. The molecule has 1 aromatic heterocycles. The molecule has 152 valence electrons. The Kier molecular flexibility index (Phi) is 7.08. The molecule has 0 bridgehead atoms. The van der Waals surface area contributed by atoms with Gasteiger partial charge in [0, 0.05) is 45.5 Å². The zero-order chi connectivity index (χ0) is 19.3. The third-order valence-corrected chi connectivity index (χ3v) is 7.02. The predicted octanol–water partition coefficient (Wildman–Crippen LogP) is 2.17. The maximum Gasteiger partial charge on any atom is 0.244 e. The van der Waals surface area contributed by atoms with Gasteiger partial charge in [-0.2, -0.15) is 4.31 Å². The van der Waals surface area contributed by atoms with Crippen molar-refractivity contribution < 1.29 is 13.2 Å². The molecule has 3 rings (SSSR count). The Morgan fingerprint density at radius 2 is 1.85 bits per heavy atom. The van der Waals surface area contributed by atoms with Gasteiger partial charge in [0.15, 0.2) is 0 Å². The summed E-state index contributed by atoms with van der Waals surface area (Å²) in [5.41, 5.74) is 0. The number of sulfonamides is 1. The van der Waals surface area contributed by atoms with Gasteiger partial charge in [-0.15, -0.1) is 0 Å². The van der Waals surface area contributed by atoms with E-state index in [1.165, 1.54) is 6.20 Å². The molecule has 2 fully saturated rings. The molecule has 1 aromatic rings. The highest BCUT2D eigenvalue weighted by atomic mass is 32.2. The number of nitrogens with zero attached hydrogens (tertiary/aromatic N) is 3. The molecule has 3 heterocycles. The quantitative estimate of drug-likeness (QED) is 0.712. The highest BCUT2D eigenvalue weighted by Gasteiger charge is 2.26. The smallest absolute Gasteiger partial charge is 0.244 e. The third kappa shape index (κ3) is 5.63. The van der Waals surface area contributed by atoms with Crippen molar-refractivity contribution >= 4 is 15.8 Å². The Hall–Kier alpha value is -1.22. The molecule has 1 N–H and O–H groups in total. The summed E-state index contributed by atoms with van der Waals surface area (Å²) in [5.74, 6) is 0.719. The van der Waals surface area contributed by atoms with E-state index in [1.807, 2.05) is 0 Å². The summed E-state index contributed by atoms with van der Waals surface area (Å²) in [4.78, 5) is 7.01. The lowest BCUT2D eigenvalue weighted by Crippen LogP contribution is -2.45. The Morgan fingerprint density at radius 3 is 2.48 bits per heavy atom. The van der Waals surface area contributed by atoms with Crippen LogP contribution in [0, 0.1) is 0 Å². The lowest BCUT2D eigenvalue weighted by atomic mass is 10.2. The van der Waals surface area contributed by atoms with Gasteiger partial charge in [0.1, 0.15) is 10.7 Å². The number of anilines is 1. The van der Waals surface area contributed by atoms with Crippen molar-refractivity contribution in [2.45, 2.75) is 56.6 Å². The number of nitrogens with one attached hydrogen (secondary N) is 1. The monoisotopic (exact) mass is 396 g/mol. The van der Waals surface area contributed by atoms with Crippen LogP contribution in [-0.4, -0.2) is 74.1 Å². The highest BCUT2D eigenvalue weighted by Crippen LogP contribution is 2.20. The first-order valence-corrected chi connectivity index (χ1v) is 11.5. The summed E-state index contributed by atoms with van der Waals surface area (Å²) in [5, 5.41) is 3.29. The van der Waals surface area contributed by atoms with Gasteiger partial charge in [-0.3, -0.25) is 4.90 Å². The molecule has 2 aliphatic rings. The van der Waals surface area contributed by atoms with E-state index >= 15 is 0 Å². The third-order valence-electron chi connectivity index (χ3n) is 5.14. The van der Waals surface area contributed by atoms with Crippen molar-refractivity contribution in [3.05, 3.63) is 18.3 Å². The van der Waals surface area contributed by atoms with Crippen LogP contribution >= 0.6 is 0 Å². The standard InChI is InChI=1S/C19H32N4O3S/c1-16-14-22(15-17(2)26-16)10-6-9-20-19-8-7-18(13-21-19)27(24,25)23-11-4-3-5-12-23/h7-8,13,16-17H,3-6,9-12,14-15H2,1-2H3,(H,20,21). The van der Waals surface area contributed by atoms with Crippen molar-refractivity contribution in [3.63, 3.8) is 0 Å². The van der Waals surface area contributed by atoms with Gasteiger partial charge >= 0.3 is 0 Å². The van der Waals surface area contributed by atoms with Gasteiger partial charge in [-0.05, 0) is 45.2 Å². The molecular weight excluding hydrogens is 364 g/mol. The van der Waals surface area contributed by atoms with Gasteiger partial charge in [-0.25, -0.2) is 13.4 Å². The molecule has 8 heteroatoms. The minimum absolute atomic E-state index is 0.284. The highest BCUT2D eigenvalue weighted by molar-refractivity contribution is 7.89. The molecule has 0 aromatic carbocycles. The summed E-state index contributed by atoms with van der Waals surface area (Å²) >= 11 is 0. The first-order chi connectivity index (χ1) is 12.9. The lowest BCUT2D eigenvalue weighted by Gasteiger charge is -2.35. The predicted molar refractivity (Wildman–Crippen MR) is 106 cm³/mol. The Morgan fingerprint density at radius 1 is 1.15 bits per heavy atom. The second-order valence-electron chi connectivity index (χ2n) is 7.64. The van der Waals surface area contributed by atoms with Crippen LogP contribution in [0.4, 0.5) is 5.82 Å². The van der Waals surface area contributed by atoms with Crippen LogP contribution < -0.4 is 5.32 Å². The number of ether oxygens (including phenoxy) is 1. The molecule has 2 atom stereocenters. The number of rotatable bonds is 7. The molecule has 2 aliphatic heterocycles. The van der Waals surface area contributed by atoms with E-state index in [4.69, 9.17) is 4.74 Å². The molecule has 0 radical (unpaired) electrons. The lowest BCUT2D eigenvalue weighted by molar-refractivity contribution is -0.0678. The van der Waals surface area contributed by atoms with Crippen LogP contribution in [-0.2, 0) is 14.8 Å². The maximum absolute atomic E-state index is 12.6. The van der Waals surface area contributed by atoms with Crippen molar-refractivity contribution in [3.8, 4) is 0 Å². The molecule has 0 spiro atoms. The summed E-state index contributed by atoms with van der Waals surface area (Å²) in [6, 6.07) is 3.42. The normalized spacial score (nSPS) is 25.4. The van der Waals surface area contributed by atoms with E-state index in [0.29, 0.717) is 13.1 Å². The average Bonchev–Trinajstić information content (AvgIpc) is 2.66. The average molecular weight is 397 g/mol. The SMILES string of the molecule is CC1CN(CCCNc2ccc(S(=O)(=O)N3CCCCC3)cn2)CC(C)O1. The molecular formula is C19H32N4O3S. The number of hydrogen-bond acceptors (Lipinski definition) is 6. The van der Waals surface area contributed by atoms with Gasteiger partial charge in [0.2, 0.25) is 10.0 Å². The minimum atomic E-state index is -3.40. The summed E-state index contributed by atoms with van der Waals surface area (Å²) in [6.07, 6.45) is 6.04. The van der Waals surface area contributed by atoms with Gasteiger partial charge in [-0.1, -0.05) is 6.42 Å². The van der Waals surface area contributed by atoms with E-state index in [1.54, 1.807) is 16.4 Å². The van der Waals surface area contributed by atoms with E-state index in [-0.39, 0.29) is 17.1 Å². The fourth-order valence-corrected chi connectivity index (χ4v) is 5.34. The second-order valence-corrected chi connectivity index (χ2v) is 9.58. The summed E-state index contributed by atoms with van der Waals surface area (Å²) in [7, 11) is -3.40. The number of piperidine rings is 1. The Bertz CT molecular complexity index is 679. The van der Waals surface area contributed by atoms with Crippen LogP contribution in [0.15, 0.2) is 23.2 Å². The zero-order valence-electron chi connectivity index (χ0n) is 16.4. The van der Waals surface area contributed by atoms with Crippen LogP contribution in [0.3, 0.4) is 0 Å². The maximum atomic E-state index is 12.6. The number of morpholine rings is 1. The minimum Gasteiger partial charge on any atom is -0.373 e. The van der Waals surface area contributed by atoms with E-state index in [9.17, 15) is 8.42 Å². The molecule has 27 heavy (non-hydrogen) atoms. The van der Waals surface area contributed by atoms with Crippen molar-refractivity contribution in [1.82, 2.24) is 14.2 Å². The fraction of sp³-hybridized carbons (Fsp3) is 0.737. The first kappa shape index (κ1) is 20.5. The number of aromatic nitrogens is 1. The Balaban J connectivity index is 1.45. The van der Waals surface area contributed by atoms with Crippen LogP contribution in [0.5, 0.6) is 0 Å². The molecule has 7 nitrogen and oxygen atoms in total. The molecule has 2 saturated heterocycles. The van der Waals surface area contributed by atoms with E-state index < -0.39 is 10.0 Å². The summed E-state index contributed by atoms with van der Waals surface area (Å²) in [6.45, 7) is 9.24. The zero-order valence-corrected chi connectivity index (χ0v) is 17.2. The van der Waals surface area contributed by atoms with Gasteiger partial charge in [0.25, 0.3) is 0 Å². The van der Waals surface area contributed by atoms with Crippen LogP contribution in [0.1, 0.15) is 39.5 Å². The number of pyridine rings is 1. The molecule has 0 saturated carbocycles. The van der Waals surface area contributed by atoms with Crippen molar-refractivity contribution in [1.29, 1.82) is 0 Å². The van der Waals surface area contributed by atoms with Crippen molar-refractivity contribution in [2.75, 3.05) is 44.6 Å². The van der Waals surface area contributed by atoms with E-state index in [0.717, 1.165) is 57.7 Å². The van der Waals surface area contributed by atoms with E-state index in [2.05, 4.69) is 29.0 Å². The largest absolute Gasteiger partial charge is 0.373 e. The molecule has 0 aliphatic carbocycles. The Labute approximate surface area is 163 Å². The second kappa shape index (κ2) is 9.32.